The lowest BCUT2D eigenvalue weighted by Crippen LogP contribution is -1.62. The molecule has 0 amide bonds. The van der Waals surface area contributed by atoms with Crippen LogP contribution in [0.3, 0.4) is 0 Å². The van der Waals surface area contributed by atoms with Crippen molar-refractivity contribution in [2.75, 3.05) is 0 Å². The standard InChI is InChI=1S/C7H4ClNO.H2O/c8-7-9-5-3-1-2-4-6(5)10-7;/h1-4H;1H2. The van der Waals surface area contributed by atoms with Crippen LogP contribution in [-0.4, -0.2) is 10.5 Å². The van der Waals surface area contributed by atoms with Gasteiger partial charge < -0.3 is 9.89 Å². The average molecular weight is 172 g/mol. The second-order valence-electron chi connectivity index (χ2n) is 1.93. The van der Waals surface area contributed by atoms with E-state index in [0.717, 1.165) is 11.1 Å². The van der Waals surface area contributed by atoms with Crippen molar-refractivity contribution < 1.29 is 9.89 Å². The fraction of sp³-hybridized carbons (Fsp3) is 0. The normalized spacial score (nSPS) is 9.55. The average Bonchev–Trinajstić information content (AvgIpc) is 2.27. The molecule has 4 heteroatoms. The maximum Gasteiger partial charge on any atom is 0.293 e. The van der Waals surface area contributed by atoms with E-state index in [1.165, 1.54) is 0 Å². The van der Waals surface area contributed by atoms with Crippen molar-refractivity contribution in [2.24, 2.45) is 0 Å². The van der Waals surface area contributed by atoms with Crippen LogP contribution in [0.15, 0.2) is 28.7 Å². The van der Waals surface area contributed by atoms with Crippen LogP contribution in [0.4, 0.5) is 0 Å². The Hall–Kier alpha value is -1.06. The summed E-state index contributed by atoms with van der Waals surface area (Å²) in [4.78, 5) is 3.91. The van der Waals surface area contributed by atoms with Gasteiger partial charge in [0, 0.05) is 0 Å². The van der Waals surface area contributed by atoms with E-state index in [-0.39, 0.29) is 10.8 Å². The first-order valence-electron chi connectivity index (χ1n) is 2.87. The zero-order chi connectivity index (χ0) is 6.97. The van der Waals surface area contributed by atoms with Crippen molar-refractivity contribution in [1.82, 2.24) is 4.98 Å². The van der Waals surface area contributed by atoms with Gasteiger partial charge in [0.1, 0.15) is 5.52 Å². The second kappa shape index (κ2) is 2.90. The molecule has 2 rings (SSSR count). The lowest BCUT2D eigenvalue weighted by atomic mass is 10.3. The first-order chi connectivity index (χ1) is 4.86. The third-order valence-electron chi connectivity index (χ3n) is 1.27. The fourth-order valence-electron chi connectivity index (χ4n) is 0.844. The first-order valence-corrected chi connectivity index (χ1v) is 3.25. The van der Waals surface area contributed by atoms with Gasteiger partial charge in [0.05, 0.1) is 0 Å². The van der Waals surface area contributed by atoms with Gasteiger partial charge in [-0.3, -0.25) is 0 Å². The molecule has 0 bridgehead atoms. The molecule has 1 aromatic carbocycles. The van der Waals surface area contributed by atoms with Crippen molar-refractivity contribution in [3.8, 4) is 0 Å². The summed E-state index contributed by atoms with van der Waals surface area (Å²) < 4.78 is 5.02. The summed E-state index contributed by atoms with van der Waals surface area (Å²) in [6, 6.07) is 7.45. The van der Waals surface area contributed by atoms with Crippen LogP contribution in [0.25, 0.3) is 11.1 Å². The Morgan fingerprint density at radius 1 is 1.27 bits per heavy atom. The number of oxazole rings is 1. The number of aromatic nitrogens is 1. The molecular weight excluding hydrogens is 166 g/mol. The number of nitrogens with zero attached hydrogens (tertiary/aromatic N) is 1. The SMILES string of the molecule is Clc1nc2ccccc2o1.O. The highest BCUT2D eigenvalue weighted by atomic mass is 35.5. The number of rotatable bonds is 0. The van der Waals surface area contributed by atoms with Crippen molar-refractivity contribution in [2.45, 2.75) is 0 Å². The summed E-state index contributed by atoms with van der Waals surface area (Å²) in [5.74, 6) is 0. The molecule has 1 aromatic heterocycles. The van der Waals surface area contributed by atoms with Gasteiger partial charge in [-0.05, 0) is 23.7 Å². The molecular formula is C7H6ClNO2. The minimum Gasteiger partial charge on any atom is -0.428 e. The lowest BCUT2D eigenvalue weighted by Gasteiger charge is -1.79. The Morgan fingerprint density at radius 3 is 2.73 bits per heavy atom. The fourth-order valence-corrected chi connectivity index (χ4v) is 1.02. The van der Waals surface area contributed by atoms with Crippen LogP contribution in [0.5, 0.6) is 0 Å². The summed E-state index contributed by atoms with van der Waals surface area (Å²) >= 11 is 5.51. The van der Waals surface area contributed by atoms with E-state index < -0.39 is 0 Å². The van der Waals surface area contributed by atoms with Gasteiger partial charge >= 0.3 is 0 Å². The molecule has 0 fully saturated rings. The zero-order valence-corrected chi connectivity index (χ0v) is 6.30. The van der Waals surface area contributed by atoms with Crippen molar-refractivity contribution in [3.63, 3.8) is 0 Å². The number of benzene rings is 1. The largest absolute Gasteiger partial charge is 0.428 e. The van der Waals surface area contributed by atoms with Gasteiger partial charge in [0.15, 0.2) is 5.58 Å². The summed E-state index contributed by atoms with van der Waals surface area (Å²) in [5, 5.41) is 0.196. The quantitative estimate of drug-likeness (QED) is 0.605. The first kappa shape index (κ1) is 8.04. The van der Waals surface area contributed by atoms with E-state index in [1.54, 1.807) is 0 Å². The van der Waals surface area contributed by atoms with Crippen LogP contribution < -0.4 is 0 Å². The van der Waals surface area contributed by atoms with E-state index in [1.807, 2.05) is 24.3 Å². The summed E-state index contributed by atoms with van der Waals surface area (Å²) in [7, 11) is 0. The Balaban J connectivity index is 0.000000605. The molecule has 0 aliphatic rings. The molecule has 1 heterocycles. The van der Waals surface area contributed by atoms with Gasteiger partial charge in [-0.25, -0.2) is 0 Å². The second-order valence-corrected chi connectivity index (χ2v) is 2.26. The summed E-state index contributed by atoms with van der Waals surface area (Å²) in [6.07, 6.45) is 0. The van der Waals surface area contributed by atoms with E-state index in [0.29, 0.717) is 0 Å². The maximum atomic E-state index is 5.51. The molecule has 11 heavy (non-hydrogen) atoms. The van der Waals surface area contributed by atoms with Crippen LogP contribution >= 0.6 is 11.6 Å². The summed E-state index contributed by atoms with van der Waals surface area (Å²) in [5.41, 5.74) is 1.53. The van der Waals surface area contributed by atoms with E-state index >= 15 is 0 Å². The number of fused-ring (bicyclic) bond motifs is 1. The molecule has 0 saturated heterocycles. The third-order valence-corrected chi connectivity index (χ3v) is 1.43. The Kier molecular flexibility index (Phi) is 2.12. The van der Waals surface area contributed by atoms with Gasteiger partial charge in [-0.1, -0.05) is 12.1 Å². The Bertz CT molecular complexity index is 325. The molecule has 0 atom stereocenters. The minimum atomic E-state index is 0. The van der Waals surface area contributed by atoms with Gasteiger partial charge in [-0.2, -0.15) is 4.98 Å². The smallest absolute Gasteiger partial charge is 0.293 e. The molecule has 0 unspecified atom stereocenters. The molecule has 0 spiro atoms. The minimum absolute atomic E-state index is 0. The van der Waals surface area contributed by atoms with Crippen molar-refractivity contribution >= 4 is 22.7 Å². The number of hydrogen-bond donors (Lipinski definition) is 0. The van der Waals surface area contributed by atoms with Crippen LogP contribution in [0.1, 0.15) is 0 Å². The number of halogens is 1. The maximum absolute atomic E-state index is 5.51. The van der Waals surface area contributed by atoms with Gasteiger partial charge in [0.25, 0.3) is 5.35 Å². The van der Waals surface area contributed by atoms with Crippen LogP contribution in [0.2, 0.25) is 5.35 Å². The molecule has 2 N–H and O–H groups in total. The van der Waals surface area contributed by atoms with Crippen molar-refractivity contribution in [3.05, 3.63) is 29.6 Å². The van der Waals surface area contributed by atoms with E-state index in [2.05, 4.69) is 4.98 Å². The lowest BCUT2D eigenvalue weighted by molar-refractivity contribution is 0.604. The van der Waals surface area contributed by atoms with Crippen LogP contribution in [0, 0.1) is 0 Å². The number of para-hydroxylation sites is 2. The molecule has 0 aliphatic heterocycles. The predicted molar refractivity (Wildman–Crippen MR) is 42.6 cm³/mol. The molecule has 0 aliphatic carbocycles. The van der Waals surface area contributed by atoms with E-state index in [9.17, 15) is 0 Å². The highest BCUT2D eigenvalue weighted by Gasteiger charge is 1.99. The molecule has 58 valence electrons. The Morgan fingerprint density at radius 2 is 2.00 bits per heavy atom. The molecule has 0 saturated carbocycles. The Labute approximate surface area is 67.9 Å². The molecule has 3 nitrogen and oxygen atoms in total. The van der Waals surface area contributed by atoms with E-state index in [4.69, 9.17) is 16.0 Å². The zero-order valence-electron chi connectivity index (χ0n) is 5.54. The highest BCUT2D eigenvalue weighted by Crippen LogP contribution is 2.17. The van der Waals surface area contributed by atoms with Gasteiger partial charge in [-0.15, -0.1) is 0 Å². The third kappa shape index (κ3) is 1.34. The predicted octanol–water partition coefficient (Wildman–Crippen LogP) is 1.66. The van der Waals surface area contributed by atoms with Crippen LogP contribution in [-0.2, 0) is 0 Å². The highest BCUT2D eigenvalue weighted by molar-refractivity contribution is 6.28. The topological polar surface area (TPSA) is 57.5 Å². The molecule has 0 radical (unpaired) electrons. The number of hydrogen-bond acceptors (Lipinski definition) is 2. The molecule has 2 aromatic rings. The van der Waals surface area contributed by atoms with Gasteiger partial charge in [0.2, 0.25) is 0 Å². The monoisotopic (exact) mass is 171 g/mol. The van der Waals surface area contributed by atoms with Crippen molar-refractivity contribution in [1.29, 1.82) is 0 Å². The summed E-state index contributed by atoms with van der Waals surface area (Å²) in [6.45, 7) is 0.